The third-order valence-corrected chi connectivity index (χ3v) is 14.9. The highest BCUT2D eigenvalue weighted by Crippen LogP contribution is 2.30. The van der Waals surface area contributed by atoms with Crippen molar-refractivity contribution in [2.24, 2.45) is 35.3 Å². The Morgan fingerprint density at radius 2 is 1.43 bits per heavy atom. The van der Waals surface area contributed by atoms with E-state index in [0.717, 1.165) is 0 Å². The molecule has 1 saturated heterocycles. The van der Waals surface area contributed by atoms with Crippen molar-refractivity contribution < 1.29 is 51.5 Å². The van der Waals surface area contributed by atoms with Crippen molar-refractivity contribution in [2.75, 3.05) is 60.8 Å². The van der Waals surface area contributed by atoms with E-state index in [0.29, 0.717) is 43.5 Å². The van der Waals surface area contributed by atoms with Crippen molar-refractivity contribution in [3.05, 3.63) is 29.8 Å². The maximum absolute atomic E-state index is 14.3. The highest BCUT2D eigenvalue weighted by molar-refractivity contribution is 7.89. The van der Waals surface area contributed by atoms with Crippen molar-refractivity contribution in [1.82, 2.24) is 40.7 Å². The lowest BCUT2D eigenvalue weighted by molar-refractivity contribution is -0.148. The van der Waals surface area contributed by atoms with Crippen molar-refractivity contribution in [3.63, 3.8) is 0 Å². The molecular formula is C50H88N10O11S. The van der Waals surface area contributed by atoms with Gasteiger partial charge in [0.05, 0.1) is 54.5 Å². The van der Waals surface area contributed by atoms with E-state index in [1.165, 1.54) is 38.5 Å². The van der Waals surface area contributed by atoms with Gasteiger partial charge in [-0.3, -0.25) is 38.4 Å². The van der Waals surface area contributed by atoms with Crippen LogP contribution in [0.2, 0.25) is 0 Å². The molecule has 0 spiro atoms. The summed E-state index contributed by atoms with van der Waals surface area (Å²) in [6, 6.07) is 1.36. The smallest absolute Gasteiger partial charge is 0.312 e. The van der Waals surface area contributed by atoms with Gasteiger partial charge in [0.25, 0.3) is 0 Å². The number of carbonyl (C=O) groups is 7. The molecule has 72 heavy (non-hydrogen) atoms. The molecule has 0 aromatic heterocycles. The number of nitrogens with zero attached hydrogens (tertiary/aromatic N) is 3. The number of anilines is 1. The lowest BCUT2D eigenvalue weighted by atomic mass is 9.89. The standard InChI is InChI=1S/C50H88N10O11S/c1-16-32(8)43(59(13)49(66)41(30(4)5)56-48(65)42(31(6)7)58(11)12)38(70-14)27-39(61)60-26-18-20-37(60)44(71-15)33(9)45(62)57-72(68,69)28-34-21-23-35(24-22-34)54-46(63)36(19-17-25-53-50(51)67)55-47(64)40(52-10)29(2)3/h21-24,29-33,36-38,40-44,52H,16-20,25-28H2,1-15H3,(H,54,63)(H,55,64)(H,56,65)(H,57,62)(H3,51,53,67)/t32-,33+,36-,37-,38+,40?,41-,42?,43?,44+/m0/s1. The average molecular weight is 1040 g/mol. The van der Waals surface area contributed by atoms with Crippen LogP contribution >= 0.6 is 0 Å². The predicted molar refractivity (Wildman–Crippen MR) is 277 cm³/mol. The van der Waals surface area contributed by atoms with E-state index in [1.54, 1.807) is 30.8 Å². The van der Waals surface area contributed by atoms with Gasteiger partial charge in [-0.2, -0.15) is 0 Å². The summed E-state index contributed by atoms with van der Waals surface area (Å²) >= 11 is 0. The molecule has 1 aliphatic rings. The summed E-state index contributed by atoms with van der Waals surface area (Å²) in [6.45, 7) is 17.5. The molecule has 1 fully saturated rings. The molecule has 410 valence electrons. The maximum Gasteiger partial charge on any atom is 0.312 e. The fraction of sp³-hybridized carbons (Fsp3) is 0.740. The second kappa shape index (κ2) is 29.7. The number of urea groups is 1. The zero-order valence-corrected chi connectivity index (χ0v) is 46.3. The molecule has 1 aromatic carbocycles. The summed E-state index contributed by atoms with van der Waals surface area (Å²) < 4.78 is 40.9. The van der Waals surface area contributed by atoms with Crippen molar-refractivity contribution in [1.29, 1.82) is 0 Å². The molecule has 10 atom stereocenters. The van der Waals surface area contributed by atoms with Crippen LogP contribution < -0.4 is 37.0 Å². The first kappa shape index (κ1) is 63.2. The number of likely N-dealkylation sites (tertiary alicyclic amines) is 1. The Bertz CT molecular complexity index is 2050. The van der Waals surface area contributed by atoms with Gasteiger partial charge in [-0.15, -0.1) is 0 Å². The molecule has 8 amide bonds. The van der Waals surface area contributed by atoms with Crippen LogP contribution in [-0.4, -0.2) is 169 Å². The van der Waals surface area contributed by atoms with Crippen LogP contribution in [0.3, 0.4) is 0 Å². The quantitative estimate of drug-likeness (QED) is 0.0546. The number of ether oxygens (including phenoxy) is 2. The summed E-state index contributed by atoms with van der Waals surface area (Å²) in [4.78, 5) is 98.5. The topological polar surface area (TPSA) is 280 Å². The van der Waals surface area contributed by atoms with Gasteiger partial charge in [0.2, 0.25) is 45.5 Å². The molecule has 1 heterocycles. The normalized spacial score (nSPS) is 17.8. The van der Waals surface area contributed by atoms with Gasteiger partial charge in [0, 0.05) is 40.0 Å². The highest BCUT2D eigenvalue weighted by Gasteiger charge is 2.43. The molecule has 0 bridgehead atoms. The van der Waals surface area contributed by atoms with Gasteiger partial charge >= 0.3 is 6.03 Å². The van der Waals surface area contributed by atoms with E-state index < -0.39 is 88.0 Å². The number of hydrogen-bond donors (Lipinski definition) is 7. The van der Waals surface area contributed by atoms with E-state index in [2.05, 4.69) is 31.3 Å². The Morgan fingerprint density at radius 3 is 1.93 bits per heavy atom. The molecular weight excluding hydrogens is 949 g/mol. The number of primary amides is 1. The van der Waals surface area contributed by atoms with E-state index >= 15 is 0 Å². The monoisotopic (exact) mass is 1040 g/mol. The van der Waals surface area contributed by atoms with Crippen LogP contribution in [0.4, 0.5) is 10.5 Å². The van der Waals surface area contributed by atoms with Crippen LogP contribution in [0.1, 0.15) is 106 Å². The molecule has 22 heteroatoms. The first-order valence-electron chi connectivity index (χ1n) is 25.2. The van der Waals surface area contributed by atoms with E-state index in [4.69, 9.17) is 15.2 Å². The largest absolute Gasteiger partial charge is 0.379 e. The molecule has 0 aliphatic carbocycles. The fourth-order valence-electron chi connectivity index (χ4n) is 9.64. The summed E-state index contributed by atoms with van der Waals surface area (Å²) in [7, 11) is 5.64. The minimum Gasteiger partial charge on any atom is -0.379 e. The number of hydrogen-bond acceptors (Lipinski definition) is 13. The van der Waals surface area contributed by atoms with Gasteiger partial charge < -0.3 is 51.6 Å². The maximum atomic E-state index is 14.3. The Kier molecular flexibility index (Phi) is 26.1. The van der Waals surface area contributed by atoms with Crippen molar-refractivity contribution in [3.8, 4) is 0 Å². The first-order chi connectivity index (χ1) is 33.7. The lowest BCUT2D eigenvalue weighted by Crippen LogP contribution is -2.59. The zero-order chi connectivity index (χ0) is 54.8. The summed E-state index contributed by atoms with van der Waals surface area (Å²) in [5.74, 6) is -4.51. The predicted octanol–water partition coefficient (Wildman–Crippen LogP) is 2.40. The van der Waals surface area contributed by atoms with Gasteiger partial charge in [-0.25, -0.2) is 13.2 Å². The first-order valence-corrected chi connectivity index (χ1v) is 26.8. The van der Waals surface area contributed by atoms with Crippen molar-refractivity contribution in [2.45, 2.75) is 155 Å². The molecule has 2 rings (SSSR count). The summed E-state index contributed by atoms with van der Waals surface area (Å²) in [5.41, 5.74) is 5.81. The lowest BCUT2D eigenvalue weighted by Gasteiger charge is -2.41. The molecule has 3 unspecified atom stereocenters. The minimum atomic E-state index is -4.25. The van der Waals surface area contributed by atoms with E-state index in [9.17, 15) is 42.0 Å². The van der Waals surface area contributed by atoms with Gasteiger partial charge in [-0.1, -0.05) is 80.9 Å². The third-order valence-electron chi connectivity index (χ3n) is 13.6. The number of nitrogens with one attached hydrogen (secondary N) is 6. The fourth-order valence-corrected chi connectivity index (χ4v) is 10.8. The molecule has 1 aromatic rings. The van der Waals surface area contributed by atoms with E-state index in [1.807, 2.05) is 74.4 Å². The summed E-state index contributed by atoms with van der Waals surface area (Å²) in [5, 5.41) is 13.9. The van der Waals surface area contributed by atoms with Crippen molar-refractivity contribution >= 4 is 57.2 Å². The van der Waals surface area contributed by atoms with Gasteiger partial charge in [0.15, 0.2) is 0 Å². The average Bonchev–Trinajstić information content (AvgIpc) is 3.78. The molecule has 8 N–H and O–H groups in total. The second-order valence-electron chi connectivity index (χ2n) is 20.4. The number of benzene rings is 1. The molecule has 0 saturated carbocycles. The number of methoxy groups -OCH3 is 2. The number of likely N-dealkylation sites (N-methyl/N-ethyl adjacent to an activating group) is 3. The summed E-state index contributed by atoms with van der Waals surface area (Å²) in [6.07, 6.45) is 0.607. The van der Waals surface area contributed by atoms with Crippen LogP contribution in [0.5, 0.6) is 0 Å². The number of carbonyl (C=O) groups excluding carboxylic acids is 7. The Labute approximate surface area is 429 Å². The zero-order valence-electron chi connectivity index (χ0n) is 45.5. The minimum absolute atomic E-state index is 0.000875. The number of amides is 8. The Hall–Kier alpha value is -4.90. The van der Waals surface area contributed by atoms with Gasteiger partial charge in [-0.05, 0) is 88.2 Å². The third kappa shape index (κ3) is 18.5. The van der Waals surface area contributed by atoms with Crippen LogP contribution in [0, 0.1) is 29.6 Å². The van der Waals surface area contributed by atoms with Gasteiger partial charge in [0.1, 0.15) is 12.1 Å². The van der Waals surface area contributed by atoms with E-state index in [-0.39, 0.29) is 66.7 Å². The highest BCUT2D eigenvalue weighted by atomic mass is 32.2. The van der Waals surface area contributed by atoms with Crippen LogP contribution in [-0.2, 0) is 54.0 Å². The molecule has 21 nitrogen and oxygen atoms in total. The number of sulfonamides is 1. The molecule has 0 radical (unpaired) electrons. The number of nitrogens with two attached hydrogens (primary N) is 1. The molecule has 1 aliphatic heterocycles. The Morgan fingerprint density at radius 1 is 0.819 bits per heavy atom. The van der Waals surface area contributed by atoms with Crippen LogP contribution in [0.15, 0.2) is 24.3 Å². The second-order valence-corrected chi connectivity index (χ2v) is 22.1. The Balaban J connectivity index is 2.21. The number of rotatable bonds is 30. The van der Waals surface area contributed by atoms with Crippen LogP contribution in [0.25, 0.3) is 0 Å². The SMILES string of the molecule is CC[C@H](C)C([C@@H](CC(=O)N1CCC[C@H]1[C@H](OC)[C@@H](C)C(=O)NS(=O)(=O)Cc1ccc(NC(=O)[C@H](CCCNC(N)=O)NC(=O)C(NC)C(C)C)cc1)OC)N(C)C(=O)[C@@H](NC(=O)C(C(C)C)N(C)C)C(C)C.